The summed E-state index contributed by atoms with van der Waals surface area (Å²) in [6.07, 6.45) is 0. The number of hydrogen-bond acceptors (Lipinski definition) is 3. The molecular weight excluding hydrogens is 188 g/mol. The van der Waals surface area contributed by atoms with E-state index < -0.39 is 0 Å². The SMILES string of the molecule is CN(C)CC(=O)c1ccc(N(C)C)cc1. The highest BCUT2D eigenvalue weighted by Crippen LogP contribution is 2.12. The summed E-state index contributed by atoms with van der Waals surface area (Å²) in [5, 5.41) is 0. The van der Waals surface area contributed by atoms with Crippen LogP contribution >= 0.6 is 0 Å². The van der Waals surface area contributed by atoms with E-state index in [1.165, 1.54) is 0 Å². The highest BCUT2D eigenvalue weighted by Gasteiger charge is 2.06. The number of carbonyl (C=O) groups excluding carboxylic acids is 1. The summed E-state index contributed by atoms with van der Waals surface area (Å²) in [5.41, 5.74) is 1.88. The van der Waals surface area contributed by atoms with E-state index in [1.807, 2.05) is 62.3 Å². The Labute approximate surface area is 91.3 Å². The number of carbonyl (C=O) groups is 1. The first-order valence-corrected chi connectivity index (χ1v) is 4.96. The predicted molar refractivity (Wildman–Crippen MR) is 63.7 cm³/mol. The van der Waals surface area contributed by atoms with Crippen LogP contribution in [0.2, 0.25) is 0 Å². The van der Waals surface area contributed by atoms with Gasteiger partial charge in [-0.1, -0.05) is 0 Å². The van der Waals surface area contributed by atoms with E-state index in [0.29, 0.717) is 6.54 Å². The third-order valence-corrected chi connectivity index (χ3v) is 2.17. The van der Waals surface area contributed by atoms with Gasteiger partial charge >= 0.3 is 0 Å². The molecule has 0 unspecified atom stereocenters. The van der Waals surface area contributed by atoms with Gasteiger partial charge in [-0.05, 0) is 38.4 Å². The number of hydrogen-bond donors (Lipinski definition) is 0. The molecule has 0 aromatic heterocycles. The lowest BCUT2D eigenvalue weighted by atomic mass is 10.1. The molecule has 1 rings (SSSR count). The molecule has 3 nitrogen and oxygen atoms in total. The van der Waals surface area contributed by atoms with Gasteiger partial charge in [-0.25, -0.2) is 0 Å². The fraction of sp³-hybridized carbons (Fsp3) is 0.417. The molecule has 1 aromatic rings. The second-order valence-corrected chi connectivity index (χ2v) is 4.10. The minimum atomic E-state index is 0.158. The average molecular weight is 206 g/mol. The molecule has 0 spiro atoms. The van der Waals surface area contributed by atoms with Crippen molar-refractivity contribution in [3.8, 4) is 0 Å². The molecule has 0 radical (unpaired) electrons. The fourth-order valence-electron chi connectivity index (χ4n) is 1.32. The Morgan fingerprint density at radius 3 is 2.00 bits per heavy atom. The van der Waals surface area contributed by atoms with Gasteiger partial charge in [-0.15, -0.1) is 0 Å². The largest absolute Gasteiger partial charge is 0.378 e. The Bertz CT molecular complexity index is 328. The van der Waals surface area contributed by atoms with Crippen molar-refractivity contribution >= 4 is 11.5 Å². The first-order chi connectivity index (χ1) is 7.00. The van der Waals surface area contributed by atoms with Gasteiger partial charge in [0.1, 0.15) is 0 Å². The van der Waals surface area contributed by atoms with Crippen molar-refractivity contribution in [2.45, 2.75) is 0 Å². The smallest absolute Gasteiger partial charge is 0.176 e. The number of ketones is 1. The summed E-state index contributed by atoms with van der Waals surface area (Å²) >= 11 is 0. The molecule has 0 saturated heterocycles. The van der Waals surface area contributed by atoms with Gasteiger partial charge in [-0.2, -0.15) is 0 Å². The van der Waals surface area contributed by atoms with Crippen LogP contribution in [-0.2, 0) is 0 Å². The van der Waals surface area contributed by atoms with Crippen molar-refractivity contribution in [2.24, 2.45) is 0 Å². The number of anilines is 1. The fourth-order valence-corrected chi connectivity index (χ4v) is 1.32. The van der Waals surface area contributed by atoms with Crippen molar-refractivity contribution in [3.63, 3.8) is 0 Å². The molecule has 0 aliphatic heterocycles. The van der Waals surface area contributed by atoms with Crippen molar-refractivity contribution in [1.82, 2.24) is 4.90 Å². The summed E-state index contributed by atoms with van der Waals surface area (Å²) in [5.74, 6) is 0.158. The van der Waals surface area contributed by atoms with Crippen LogP contribution in [-0.4, -0.2) is 45.4 Å². The van der Waals surface area contributed by atoms with Crippen molar-refractivity contribution in [2.75, 3.05) is 39.6 Å². The minimum Gasteiger partial charge on any atom is -0.378 e. The van der Waals surface area contributed by atoms with Gasteiger partial charge in [0.05, 0.1) is 6.54 Å². The molecule has 0 N–H and O–H groups in total. The number of rotatable bonds is 4. The topological polar surface area (TPSA) is 23.6 Å². The van der Waals surface area contributed by atoms with Crippen LogP contribution in [0.4, 0.5) is 5.69 Å². The average Bonchev–Trinajstić information content (AvgIpc) is 2.17. The normalized spacial score (nSPS) is 10.5. The van der Waals surface area contributed by atoms with Gasteiger partial charge in [-0.3, -0.25) is 4.79 Å². The van der Waals surface area contributed by atoms with Gasteiger partial charge in [0, 0.05) is 25.3 Å². The van der Waals surface area contributed by atoms with Crippen molar-refractivity contribution < 1.29 is 4.79 Å². The molecule has 0 bridgehead atoms. The predicted octanol–water partition coefficient (Wildman–Crippen LogP) is 1.50. The number of likely N-dealkylation sites (N-methyl/N-ethyl adjacent to an activating group) is 1. The van der Waals surface area contributed by atoms with Crippen LogP contribution in [0.1, 0.15) is 10.4 Å². The molecule has 82 valence electrons. The van der Waals surface area contributed by atoms with E-state index in [2.05, 4.69) is 0 Å². The quantitative estimate of drug-likeness (QED) is 0.697. The standard InChI is InChI=1S/C12H18N2O/c1-13(2)9-12(15)10-5-7-11(8-6-10)14(3)4/h5-8H,9H2,1-4H3. The zero-order valence-electron chi connectivity index (χ0n) is 9.82. The van der Waals surface area contributed by atoms with E-state index in [9.17, 15) is 4.79 Å². The lowest BCUT2D eigenvalue weighted by molar-refractivity contribution is 0.0958. The molecular formula is C12H18N2O. The Morgan fingerprint density at radius 1 is 1.07 bits per heavy atom. The summed E-state index contributed by atoms with van der Waals surface area (Å²) in [7, 11) is 7.76. The first-order valence-electron chi connectivity index (χ1n) is 4.96. The van der Waals surface area contributed by atoms with Crippen LogP contribution in [0.25, 0.3) is 0 Å². The molecule has 0 atom stereocenters. The van der Waals surface area contributed by atoms with Crippen molar-refractivity contribution in [1.29, 1.82) is 0 Å². The number of nitrogens with zero attached hydrogens (tertiary/aromatic N) is 2. The van der Waals surface area contributed by atoms with Crippen LogP contribution < -0.4 is 4.90 Å². The summed E-state index contributed by atoms with van der Waals surface area (Å²) in [6.45, 7) is 0.460. The van der Waals surface area contributed by atoms with E-state index in [0.717, 1.165) is 11.3 Å². The maximum atomic E-state index is 11.7. The third-order valence-electron chi connectivity index (χ3n) is 2.17. The Hall–Kier alpha value is -1.35. The minimum absolute atomic E-state index is 0.158. The lowest BCUT2D eigenvalue weighted by Gasteiger charge is -2.13. The van der Waals surface area contributed by atoms with Crippen LogP contribution in [0.3, 0.4) is 0 Å². The second-order valence-electron chi connectivity index (χ2n) is 4.10. The number of benzene rings is 1. The molecule has 0 fully saturated rings. The maximum absolute atomic E-state index is 11.7. The zero-order valence-corrected chi connectivity index (χ0v) is 9.82. The Balaban J connectivity index is 2.75. The van der Waals surface area contributed by atoms with E-state index >= 15 is 0 Å². The third kappa shape index (κ3) is 3.36. The summed E-state index contributed by atoms with van der Waals surface area (Å²) in [6, 6.07) is 7.67. The monoisotopic (exact) mass is 206 g/mol. The zero-order chi connectivity index (χ0) is 11.4. The van der Waals surface area contributed by atoms with Gasteiger partial charge in [0.25, 0.3) is 0 Å². The Kier molecular flexibility index (Phi) is 3.86. The van der Waals surface area contributed by atoms with E-state index in [4.69, 9.17) is 0 Å². The molecule has 1 aromatic carbocycles. The summed E-state index contributed by atoms with van der Waals surface area (Å²) < 4.78 is 0. The molecule has 0 aliphatic rings. The maximum Gasteiger partial charge on any atom is 0.176 e. The van der Waals surface area contributed by atoms with Gasteiger partial charge < -0.3 is 9.80 Å². The van der Waals surface area contributed by atoms with E-state index in [1.54, 1.807) is 0 Å². The van der Waals surface area contributed by atoms with Gasteiger partial charge in [0.2, 0.25) is 0 Å². The van der Waals surface area contributed by atoms with Crippen LogP contribution in [0, 0.1) is 0 Å². The molecule has 0 aliphatic carbocycles. The summed E-state index contributed by atoms with van der Waals surface area (Å²) in [4.78, 5) is 15.6. The molecule has 0 saturated carbocycles. The van der Waals surface area contributed by atoms with Gasteiger partial charge in [0.15, 0.2) is 5.78 Å². The highest BCUT2D eigenvalue weighted by atomic mass is 16.1. The van der Waals surface area contributed by atoms with Crippen LogP contribution in [0.5, 0.6) is 0 Å². The lowest BCUT2D eigenvalue weighted by Crippen LogP contribution is -2.21. The van der Waals surface area contributed by atoms with Crippen molar-refractivity contribution in [3.05, 3.63) is 29.8 Å². The highest BCUT2D eigenvalue weighted by molar-refractivity contribution is 5.97. The number of Topliss-reactive ketones (excluding diaryl/α,β-unsaturated/α-hetero) is 1. The first kappa shape index (κ1) is 11.7. The molecule has 15 heavy (non-hydrogen) atoms. The molecule has 3 heteroatoms. The Morgan fingerprint density at radius 2 is 1.60 bits per heavy atom. The second kappa shape index (κ2) is 4.94. The molecule has 0 heterocycles. The molecule has 0 amide bonds. The van der Waals surface area contributed by atoms with E-state index in [-0.39, 0.29) is 5.78 Å². The van der Waals surface area contributed by atoms with Crippen LogP contribution in [0.15, 0.2) is 24.3 Å².